The molecule has 3 atom stereocenters. The second-order valence-corrected chi connectivity index (χ2v) is 8.22. The number of amides is 1. The molecular weight excluding hydrogens is 304 g/mol. The van der Waals surface area contributed by atoms with E-state index in [1.165, 1.54) is 0 Å². The number of aliphatic carboxylic acids is 1. The molecule has 0 aliphatic heterocycles. The predicted molar refractivity (Wildman–Crippen MR) is 77.9 cm³/mol. The van der Waals surface area contributed by atoms with E-state index in [1.54, 1.807) is 0 Å². The maximum atomic E-state index is 13.9. The largest absolute Gasteiger partial charge is 0.481 e. The van der Waals surface area contributed by atoms with E-state index in [0.29, 0.717) is 44.9 Å². The van der Waals surface area contributed by atoms with E-state index in [4.69, 9.17) is 0 Å². The van der Waals surface area contributed by atoms with E-state index >= 15 is 0 Å². The van der Waals surface area contributed by atoms with Crippen LogP contribution in [0.1, 0.15) is 57.8 Å². The fourth-order valence-electron chi connectivity index (χ4n) is 5.45. The molecule has 5 fully saturated rings. The van der Waals surface area contributed by atoms with Crippen LogP contribution in [0.3, 0.4) is 0 Å². The molecule has 5 aliphatic rings. The van der Waals surface area contributed by atoms with Crippen molar-refractivity contribution in [2.75, 3.05) is 0 Å². The van der Waals surface area contributed by atoms with Crippen LogP contribution in [-0.2, 0) is 9.59 Å². The van der Waals surface area contributed by atoms with Crippen molar-refractivity contribution < 1.29 is 23.5 Å². The number of carbonyl (C=O) groups excluding carboxylic acids is 1. The molecule has 0 aromatic carbocycles. The third-order valence-electron chi connectivity index (χ3n) is 7.09. The first-order valence-corrected chi connectivity index (χ1v) is 8.72. The van der Waals surface area contributed by atoms with Gasteiger partial charge in [0.15, 0.2) is 0 Å². The first-order valence-electron chi connectivity index (χ1n) is 8.72. The van der Waals surface area contributed by atoms with Crippen molar-refractivity contribution in [1.82, 2.24) is 5.32 Å². The molecule has 0 heterocycles. The van der Waals surface area contributed by atoms with E-state index in [0.717, 1.165) is 6.42 Å². The molecule has 0 aromatic rings. The molecule has 5 aliphatic carbocycles. The molecular formula is C17H23F2NO3. The Bertz CT molecular complexity index is 538. The number of hydrogen-bond donors (Lipinski definition) is 2. The van der Waals surface area contributed by atoms with Gasteiger partial charge in [0.1, 0.15) is 0 Å². The molecule has 0 aromatic heterocycles. The zero-order chi connectivity index (χ0) is 16.5. The number of carboxylic acids is 1. The molecule has 6 heteroatoms. The third kappa shape index (κ3) is 2.20. The molecule has 0 spiro atoms. The fraction of sp³-hybridized carbons (Fsp3) is 0.882. The lowest BCUT2D eigenvalue weighted by molar-refractivity contribution is -0.157. The number of carbonyl (C=O) groups is 2. The minimum absolute atomic E-state index is 0.0930. The molecule has 23 heavy (non-hydrogen) atoms. The molecule has 5 rings (SSSR count). The molecule has 5 saturated carbocycles. The van der Waals surface area contributed by atoms with E-state index in [9.17, 15) is 23.5 Å². The van der Waals surface area contributed by atoms with Crippen LogP contribution in [0, 0.1) is 23.2 Å². The lowest BCUT2D eigenvalue weighted by atomic mass is 9.57. The van der Waals surface area contributed by atoms with Gasteiger partial charge in [-0.2, -0.15) is 0 Å². The van der Waals surface area contributed by atoms with E-state index in [2.05, 4.69) is 5.32 Å². The molecule has 0 saturated heterocycles. The van der Waals surface area contributed by atoms with Crippen molar-refractivity contribution in [3.05, 3.63) is 0 Å². The number of rotatable bonds is 3. The van der Waals surface area contributed by atoms with E-state index < -0.39 is 29.1 Å². The van der Waals surface area contributed by atoms with Crippen LogP contribution in [0.5, 0.6) is 0 Å². The van der Waals surface area contributed by atoms with Crippen LogP contribution in [0.2, 0.25) is 0 Å². The average Bonchev–Trinajstić information content (AvgIpc) is 3.25. The first-order chi connectivity index (χ1) is 10.8. The van der Waals surface area contributed by atoms with Gasteiger partial charge in [-0.3, -0.25) is 9.59 Å². The number of hydrogen-bond acceptors (Lipinski definition) is 2. The number of carboxylic acid groups (broad SMARTS) is 1. The van der Waals surface area contributed by atoms with Crippen LogP contribution < -0.4 is 5.32 Å². The minimum atomic E-state index is -2.69. The lowest BCUT2D eigenvalue weighted by Crippen LogP contribution is -2.58. The van der Waals surface area contributed by atoms with Gasteiger partial charge in [-0.15, -0.1) is 0 Å². The fourth-order valence-corrected chi connectivity index (χ4v) is 5.45. The smallest absolute Gasteiger partial charge is 0.309 e. The summed E-state index contributed by atoms with van der Waals surface area (Å²) in [4.78, 5) is 24.0. The number of halogens is 2. The molecule has 4 nitrogen and oxygen atoms in total. The van der Waals surface area contributed by atoms with Gasteiger partial charge in [0.05, 0.1) is 11.3 Å². The van der Waals surface area contributed by atoms with Gasteiger partial charge in [-0.25, -0.2) is 8.78 Å². The van der Waals surface area contributed by atoms with Gasteiger partial charge in [0.25, 0.3) is 5.92 Å². The Labute approximate surface area is 134 Å². The highest BCUT2D eigenvalue weighted by Gasteiger charge is 2.68. The second-order valence-electron chi connectivity index (χ2n) is 8.22. The Morgan fingerprint density at radius 1 is 1.00 bits per heavy atom. The van der Waals surface area contributed by atoms with Crippen LogP contribution in [-0.4, -0.2) is 28.4 Å². The monoisotopic (exact) mass is 327 g/mol. The standard InChI is InChI=1S/C17H23F2NO3/c18-17(19)3-1-2-10-11(12(10)17)13(21)20-16-7-4-15(5-8-16,6-9-16)14(22)23/h10-12H,1-9H2,(H,20,21)(H,22,23). The molecule has 2 N–H and O–H groups in total. The van der Waals surface area contributed by atoms with E-state index in [-0.39, 0.29) is 23.8 Å². The Kier molecular flexibility index (Phi) is 3.11. The van der Waals surface area contributed by atoms with Crippen molar-refractivity contribution in [2.45, 2.75) is 69.2 Å². The number of nitrogens with one attached hydrogen (secondary N) is 1. The van der Waals surface area contributed by atoms with Gasteiger partial charge < -0.3 is 10.4 Å². The van der Waals surface area contributed by atoms with Crippen molar-refractivity contribution in [3.63, 3.8) is 0 Å². The molecule has 0 radical (unpaired) electrons. The molecule has 1 amide bonds. The Morgan fingerprint density at radius 3 is 2.13 bits per heavy atom. The van der Waals surface area contributed by atoms with Gasteiger partial charge in [0, 0.05) is 17.9 Å². The van der Waals surface area contributed by atoms with E-state index in [1.807, 2.05) is 0 Å². The highest BCUT2D eigenvalue weighted by molar-refractivity contribution is 5.83. The highest BCUT2D eigenvalue weighted by Crippen LogP contribution is 2.62. The summed E-state index contributed by atoms with van der Waals surface area (Å²) in [6, 6.07) is 0. The summed E-state index contributed by atoms with van der Waals surface area (Å²) in [5.41, 5.74) is -0.970. The summed E-state index contributed by atoms with van der Waals surface area (Å²) in [5, 5.41) is 12.5. The zero-order valence-corrected chi connectivity index (χ0v) is 13.1. The summed E-state index contributed by atoms with van der Waals surface area (Å²) < 4.78 is 27.8. The Morgan fingerprint density at radius 2 is 1.61 bits per heavy atom. The predicted octanol–water partition coefficient (Wildman–Crippen LogP) is 2.96. The lowest BCUT2D eigenvalue weighted by Gasteiger charge is -2.51. The zero-order valence-electron chi connectivity index (χ0n) is 13.1. The highest BCUT2D eigenvalue weighted by atomic mass is 19.3. The maximum Gasteiger partial charge on any atom is 0.309 e. The first kappa shape index (κ1) is 15.3. The minimum Gasteiger partial charge on any atom is -0.481 e. The van der Waals surface area contributed by atoms with Crippen LogP contribution >= 0.6 is 0 Å². The summed E-state index contributed by atoms with van der Waals surface area (Å²) >= 11 is 0. The molecule has 128 valence electrons. The summed E-state index contributed by atoms with van der Waals surface area (Å²) in [6.07, 6.45) is 4.85. The molecule has 3 unspecified atom stereocenters. The quantitative estimate of drug-likeness (QED) is 0.837. The van der Waals surface area contributed by atoms with Crippen molar-refractivity contribution in [3.8, 4) is 0 Å². The van der Waals surface area contributed by atoms with Crippen molar-refractivity contribution in [2.24, 2.45) is 23.2 Å². The van der Waals surface area contributed by atoms with Gasteiger partial charge in [-0.05, 0) is 57.3 Å². The summed E-state index contributed by atoms with van der Waals surface area (Å²) in [7, 11) is 0. The third-order valence-corrected chi connectivity index (χ3v) is 7.09. The topological polar surface area (TPSA) is 66.4 Å². The molecule has 2 bridgehead atoms. The maximum absolute atomic E-state index is 13.9. The van der Waals surface area contributed by atoms with Crippen LogP contribution in [0.15, 0.2) is 0 Å². The van der Waals surface area contributed by atoms with Crippen LogP contribution in [0.4, 0.5) is 8.78 Å². The SMILES string of the molecule is O=C(NC12CCC(C(=O)O)(CC1)CC2)C1C2CCCC(F)(F)C21. The Hall–Kier alpha value is -1.20. The van der Waals surface area contributed by atoms with Crippen molar-refractivity contribution >= 4 is 11.9 Å². The number of alkyl halides is 2. The summed E-state index contributed by atoms with van der Waals surface area (Å²) in [5.74, 6) is -5.09. The Balaban J connectivity index is 1.42. The van der Waals surface area contributed by atoms with Gasteiger partial charge in [-0.1, -0.05) is 0 Å². The van der Waals surface area contributed by atoms with Gasteiger partial charge in [0.2, 0.25) is 5.91 Å². The summed E-state index contributed by atoms with van der Waals surface area (Å²) in [6.45, 7) is 0. The number of fused-ring (bicyclic) bond motifs is 4. The van der Waals surface area contributed by atoms with Gasteiger partial charge >= 0.3 is 5.97 Å². The normalized spacial score (nSPS) is 46.8. The second kappa shape index (κ2) is 4.67. The van der Waals surface area contributed by atoms with Crippen molar-refractivity contribution in [1.29, 1.82) is 0 Å². The average molecular weight is 327 g/mol. The van der Waals surface area contributed by atoms with Crippen LogP contribution in [0.25, 0.3) is 0 Å².